The maximum Gasteiger partial charge on any atom is 0.254 e. The van der Waals surface area contributed by atoms with Crippen molar-refractivity contribution in [2.24, 2.45) is 0 Å². The summed E-state index contributed by atoms with van der Waals surface area (Å²) in [4.78, 5) is 16.3. The van der Waals surface area contributed by atoms with Gasteiger partial charge >= 0.3 is 0 Å². The Balaban J connectivity index is 2.05. The van der Waals surface area contributed by atoms with Crippen LogP contribution in [0.3, 0.4) is 0 Å². The zero-order valence-corrected chi connectivity index (χ0v) is 11.3. The number of piperazine rings is 1. The van der Waals surface area contributed by atoms with Crippen molar-refractivity contribution in [3.8, 4) is 11.5 Å². The Morgan fingerprint density at radius 2 is 1.58 bits per heavy atom. The van der Waals surface area contributed by atoms with Crippen LogP contribution in [0.2, 0.25) is 0 Å². The van der Waals surface area contributed by atoms with Gasteiger partial charge in [0.05, 0.1) is 0 Å². The summed E-state index contributed by atoms with van der Waals surface area (Å²) in [5.41, 5.74) is 0.329. The first kappa shape index (κ1) is 13.7. The van der Waals surface area contributed by atoms with Crippen LogP contribution in [-0.2, 0) is 0 Å². The molecule has 0 aliphatic carbocycles. The summed E-state index contributed by atoms with van der Waals surface area (Å²) < 4.78 is 0. The van der Waals surface area contributed by atoms with Gasteiger partial charge in [0.25, 0.3) is 5.91 Å². The van der Waals surface area contributed by atoms with Gasteiger partial charge in [-0.1, -0.05) is 0 Å². The molecule has 0 radical (unpaired) electrons. The number of hydrogen-bond donors (Lipinski definition) is 2. The molecule has 0 atom stereocenters. The summed E-state index contributed by atoms with van der Waals surface area (Å²) >= 11 is 0. The van der Waals surface area contributed by atoms with Gasteiger partial charge in [-0.15, -0.1) is 0 Å². The fourth-order valence-electron chi connectivity index (χ4n) is 2.34. The molecule has 1 aromatic carbocycles. The van der Waals surface area contributed by atoms with Crippen molar-refractivity contribution in [1.82, 2.24) is 9.80 Å². The van der Waals surface area contributed by atoms with Crippen molar-refractivity contribution in [3.63, 3.8) is 0 Å². The average Bonchev–Trinajstić information content (AvgIpc) is 2.37. The quantitative estimate of drug-likeness (QED) is 0.844. The van der Waals surface area contributed by atoms with Crippen LogP contribution in [0.4, 0.5) is 0 Å². The highest BCUT2D eigenvalue weighted by molar-refractivity contribution is 5.95. The molecule has 5 heteroatoms. The molecule has 5 nitrogen and oxygen atoms in total. The van der Waals surface area contributed by atoms with Gasteiger partial charge in [0.15, 0.2) is 0 Å². The van der Waals surface area contributed by atoms with Crippen LogP contribution in [0.5, 0.6) is 11.5 Å². The number of aromatic hydroxyl groups is 2. The Hall–Kier alpha value is -1.75. The van der Waals surface area contributed by atoms with Crippen LogP contribution >= 0.6 is 0 Å². The molecule has 2 N–H and O–H groups in total. The Morgan fingerprint density at radius 3 is 2.05 bits per heavy atom. The predicted octanol–water partition coefficient (Wildman–Crippen LogP) is 1.26. The summed E-state index contributed by atoms with van der Waals surface area (Å²) in [5, 5.41) is 18.8. The fraction of sp³-hybridized carbons (Fsp3) is 0.500. The van der Waals surface area contributed by atoms with Crippen LogP contribution in [0, 0.1) is 0 Å². The zero-order chi connectivity index (χ0) is 14.0. The Kier molecular flexibility index (Phi) is 3.95. The molecule has 1 aromatic rings. The summed E-state index contributed by atoms with van der Waals surface area (Å²) in [7, 11) is 0. The number of phenols is 2. The van der Waals surface area contributed by atoms with E-state index in [0.717, 1.165) is 13.1 Å². The summed E-state index contributed by atoms with van der Waals surface area (Å²) in [6, 6.07) is 4.48. The largest absolute Gasteiger partial charge is 0.508 e. The summed E-state index contributed by atoms with van der Waals surface area (Å²) in [5.74, 6) is -0.331. The normalized spacial score (nSPS) is 16.9. The van der Waals surface area contributed by atoms with Crippen LogP contribution < -0.4 is 0 Å². The molecule has 1 amide bonds. The van der Waals surface area contributed by atoms with E-state index in [2.05, 4.69) is 18.7 Å². The highest BCUT2D eigenvalue weighted by Gasteiger charge is 2.23. The second-order valence-corrected chi connectivity index (χ2v) is 5.16. The highest BCUT2D eigenvalue weighted by Crippen LogP contribution is 2.22. The van der Waals surface area contributed by atoms with E-state index < -0.39 is 0 Å². The molecule has 1 fully saturated rings. The van der Waals surface area contributed by atoms with Gasteiger partial charge in [-0.05, 0) is 26.0 Å². The van der Waals surface area contributed by atoms with Crippen molar-refractivity contribution in [2.75, 3.05) is 26.2 Å². The van der Waals surface area contributed by atoms with E-state index in [-0.39, 0.29) is 17.4 Å². The molecule has 19 heavy (non-hydrogen) atoms. The lowest BCUT2D eigenvalue weighted by atomic mass is 10.1. The van der Waals surface area contributed by atoms with Crippen molar-refractivity contribution in [3.05, 3.63) is 23.8 Å². The van der Waals surface area contributed by atoms with Crippen molar-refractivity contribution >= 4 is 5.91 Å². The van der Waals surface area contributed by atoms with Crippen molar-refractivity contribution < 1.29 is 15.0 Å². The number of nitrogens with zero attached hydrogens (tertiary/aromatic N) is 2. The van der Waals surface area contributed by atoms with Gasteiger partial charge in [0, 0.05) is 43.9 Å². The maximum absolute atomic E-state index is 12.3. The van der Waals surface area contributed by atoms with E-state index in [1.807, 2.05) is 0 Å². The predicted molar refractivity (Wildman–Crippen MR) is 72.4 cm³/mol. The fourth-order valence-corrected chi connectivity index (χ4v) is 2.34. The topological polar surface area (TPSA) is 64.0 Å². The molecule has 104 valence electrons. The minimum absolute atomic E-state index is 0.0934. The molecular weight excluding hydrogens is 244 g/mol. The van der Waals surface area contributed by atoms with E-state index in [0.29, 0.717) is 24.7 Å². The molecule has 1 saturated heterocycles. The molecule has 0 unspecified atom stereocenters. The molecular formula is C14H20N2O3. The second-order valence-electron chi connectivity index (χ2n) is 5.16. The van der Waals surface area contributed by atoms with Crippen molar-refractivity contribution in [2.45, 2.75) is 19.9 Å². The minimum Gasteiger partial charge on any atom is -0.508 e. The van der Waals surface area contributed by atoms with Crippen LogP contribution in [0.15, 0.2) is 18.2 Å². The smallest absolute Gasteiger partial charge is 0.254 e. The first-order valence-corrected chi connectivity index (χ1v) is 6.53. The Morgan fingerprint density at radius 1 is 1.05 bits per heavy atom. The lowest BCUT2D eigenvalue weighted by Crippen LogP contribution is -2.50. The number of carbonyl (C=O) groups excluding carboxylic acids is 1. The third-order valence-corrected chi connectivity index (χ3v) is 3.48. The van der Waals surface area contributed by atoms with E-state index in [1.165, 1.54) is 18.2 Å². The van der Waals surface area contributed by atoms with E-state index in [4.69, 9.17) is 0 Å². The Labute approximate surface area is 113 Å². The van der Waals surface area contributed by atoms with E-state index >= 15 is 0 Å². The van der Waals surface area contributed by atoms with Gasteiger partial charge in [-0.3, -0.25) is 9.69 Å². The molecule has 1 heterocycles. The van der Waals surface area contributed by atoms with Gasteiger partial charge in [0.2, 0.25) is 0 Å². The monoisotopic (exact) mass is 264 g/mol. The van der Waals surface area contributed by atoms with Crippen LogP contribution in [0.1, 0.15) is 24.2 Å². The first-order valence-electron chi connectivity index (χ1n) is 6.53. The molecule has 0 bridgehead atoms. The second kappa shape index (κ2) is 5.48. The van der Waals surface area contributed by atoms with Crippen LogP contribution in [0.25, 0.3) is 0 Å². The number of hydrogen-bond acceptors (Lipinski definition) is 4. The van der Waals surface area contributed by atoms with Gasteiger partial charge < -0.3 is 15.1 Å². The first-order chi connectivity index (χ1) is 8.97. The standard InChI is InChI=1S/C14H20N2O3/c1-10(2)15-3-5-16(6-4-15)14(19)11-7-12(17)9-13(18)8-11/h7-10,17-18H,3-6H2,1-2H3. The van der Waals surface area contributed by atoms with Crippen molar-refractivity contribution in [1.29, 1.82) is 0 Å². The number of phenolic OH excluding ortho intramolecular Hbond substituents is 2. The number of benzene rings is 1. The lowest BCUT2D eigenvalue weighted by molar-refractivity contribution is 0.0595. The maximum atomic E-state index is 12.3. The van der Waals surface area contributed by atoms with E-state index in [9.17, 15) is 15.0 Å². The molecule has 1 aliphatic rings. The van der Waals surface area contributed by atoms with E-state index in [1.54, 1.807) is 4.90 Å². The van der Waals surface area contributed by atoms with Gasteiger partial charge in [-0.25, -0.2) is 0 Å². The molecule has 0 saturated carbocycles. The molecule has 0 spiro atoms. The average molecular weight is 264 g/mol. The van der Waals surface area contributed by atoms with Crippen LogP contribution in [-0.4, -0.2) is 58.1 Å². The summed E-state index contributed by atoms with van der Waals surface area (Å²) in [6.45, 7) is 7.35. The number of carbonyl (C=O) groups is 1. The SMILES string of the molecule is CC(C)N1CCN(C(=O)c2cc(O)cc(O)c2)CC1. The minimum atomic E-state index is -0.144. The summed E-state index contributed by atoms with van der Waals surface area (Å²) in [6.07, 6.45) is 0. The third kappa shape index (κ3) is 3.17. The Bertz CT molecular complexity index is 446. The highest BCUT2D eigenvalue weighted by atomic mass is 16.3. The molecule has 1 aliphatic heterocycles. The molecule has 2 rings (SSSR count). The van der Waals surface area contributed by atoms with Gasteiger partial charge in [0.1, 0.15) is 11.5 Å². The number of amides is 1. The molecule has 0 aromatic heterocycles. The number of rotatable bonds is 2. The van der Waals surface area contributed by atoms with Gasteiger partial charge in [-0.2, -0.15) is 0 Å². The lowest BCUT2D eigenvalue weighted by Gasteiger charge is -2.37. The zero-order valence-electron chi connectivity index (χ0n) is 11.3. The third-order valence-electron chi connectivity index (χ3n) is 3.48.